The van der Waals surface area contributed by atoms with Gasteiger partial charge in [-0.05, 0) is 49.7 Å². The predicted molar refractivity (Wildman–Crippen MR) is 128 cm³/mol. The number of benzene rings is 2. The van der Waals surface area contributed by atoms with Gasteiger partial charge in [0.05, 0.1) is 23.2 Å². The first-order valence-corrected chi connectivity index (χ1v) is 13.1. The molecule has 2 saturated heterocycles. The smallest absolute Gasteiger partial charge is 0.244 e. The Hall–Kier alpha value is -2.42. The summed E-state index contributed by atoms with van der Waals surface area (Å²) in [5.74, 6) is -0.671. The maximum atomic E-state index is 14.0. The van der Waals surface area contributed by atoms with Crippen LogP contribution in [0.3, 0.4) is 0 Å². The zero-order valence-electron chi connectivity index (χ0n) is 18.6. The van der Waals surface area contributed by atoms with E-state index >= 15 is 0 Å². The van der Waals surface area contributed by atoms with Crippen molar-refractivity contribution in [3.05, 3.63) is 57.8 Å². The molecule has 12 heteroatoms. The van der Waals surface area contributed by atoms with Crippen LogP contribution in [0.5, 0.6) is 5.75 Å². The van der Waals surface area contributed by atoms with Gasteiger partial charge in [-0.25, -0.2) is 12.8 Å². The van der Waals surface area contributed by atoms with Crippen molar-refractivity contribution < 1.29 is 22.3 Å². The minimum absolute atomic E-state index is 0.0138. The fourth-order valence-corrected chi connectivity index (χ4v) is 6.58. The highest BCUT2D eigenvalue weighted by atomic mass is 35.5. The van der Waals surface area contributed by atoms with E-state index in [0.717, 1.165) is 25.5 Å². The Morgan fingerprint density at radius 3 is 2.69 bits per heavy atom. The highest BCUT2D eigenvalue weighted by molar-refractivity contribution is 7.89. The quantitative estimate of drug-likeness (QED) is 0.532. The number of nitriles is 1. The predicted octanol–water partition coefficient (Wildman–Crippen LogP) is 2.94. The second-order valence-corrected chi connectivity index (χ2v) is 11.5. The van der Waals surface area contributed by atoms with Gasteiger partial charge in [-0.1, -0.05) is 23.2 Å². The van der Waals surface area contributed by atoms with E-state index in [1.54, 1.807) is 6.07 Å². The Labute approximate surface area is 213 Å². The Morgan fingerprint density at radius 2 is 2.06 bits per heavy atom. The number of nitrogens with one attached hydrogen (secondary N) is 2. The summed E-state index contributed by atoms with van der Waals surface area (Å²) in [6, 6.07) is 9.51. The molecule has 2 aromatic carbocycles. The average Bonchev–Trinajstić information content (AvgIpc) is 3.32. The first-order chi connectivity index (χ1) is 16.6. The van der Waals surface area contributed by atoms with Gasteiger partial charge < -0.3 is 15.4 Å². The van der Waals surface area contributed by atoms with Crippen LogP contribution in [0.15, 0.2) is 41.3 Å². The van der Waals surface area contributed by atoms with Crippen molar-refractivity contribution in [3.63, 3.8) is 0 Å². The van der Waals surface area contributed by atoms with Crippen LogP contribution in [0, 0.1) is 22.6 Å². The van der Waals surface area contributed by atoms with Gasteiger partial charge in [0, 0.05) is 36.1 Å². The summed E-state index contributed by atoms with van der Waals surface area (Å²) in [7, 11) is -3.91. The lowest BCUT2D eigenvalue weighted by Crippen LogP contribution is -2.65. The van der Waals surface area contributed by atoms with Gasteiger partial charge in [0.15, 0.2) is 0 Å². The zero-order chi connectivity index (χ0) is 25.2. The standard InChI is InChI=1S/C23H23Cl2FN4O4S/c24-16-4-6-21(18(25)8-16)35(32,33)30-12-23(13-30,11-29-22(31)20-2-1-7-28-20)14-34-17-5-3-15(10-27)19(26)9-17/h3-6,8-9,20,28H,1-2,7,11-14H2,(H,29,31). The molecule has 0 aliphatic carbocycles. The summed E-state index contributed by atoms with van der Waals surface area (Å²) in [5.41, 5.74) is -0.853. The van der Waals surface area contributed by atoms with Gasteiger partial charge in [0.25, 0.3) is 0 Å². The molecule has 35 heavy (non-hydrogen) atoms. The molecule has 0 aromatic heterocycles. The number of amides is 1. The molecule has 2 aliphatic heterocycles. The molecule has 2 aliphatic rings. The third-order valence-electron chi connectivity index (χ3n) is 6.16. The largest absolute Gasteiger partial charge is 0.493 e. The molecule has 1 atom stereocenters. The van der Waals surface area contributed by atoms with Gasteiger partial charge in [-0.2, -0.15) is 9.57 Å². The molecule has 1 amide bonds. The van der Waals surface area contributed by atoms with Crippen molar-refractivity contribution >= 4 is 39.1 Å². The average molecular weight is 541 g/mol. The molecule has 1 unspecified atom stereocenters. The lowest BCUT2D eigenvalue weighted by Gasteiger charge is -2.48. The summed E-state index contributed by atoms with van der Waals surface area (Å²) in [5, 5.41) is 15.3. The van der Waals surface area contributed by atoms with E-state index in [1.807, 2.05) is 0 Å². The van der Waals surface area contributed by atoms with Crippen LogP contribution in [-0.2, 0) is 14.8 Å². The fourth-order valence-electron chi connectivity index (χ4n) is 4.17. The summed E-state index contributed by atoms with van der Waals surface area (Å²) < 4.78 is 47.3. The number of halogens is 3. The Bertz CT molecular complexity index is 1270. The van der Waals surface area contributed by atoms with Gasteiger partial charge in [0.2, 0.25) is 15.9 Å². The van der Waals surface area contributed by atoms with Crippen molar-refractivity contribution in [1.29, 1.82) is 5.26 Å². The second kappa shape index (κ2) is 10.3. The van der Waals surface area contributed by atoms with Crippen LogP contribution in [0.25, 0.3) is 0 Å². The normalized spacial score (nSPS) is 19.5. The third-order valence-corrected chi connectivity index (χ3v) is 8.67. The molecule has 8 nitrogen and oxygen atoms in total. The summed E-state index contributed by atoms with van der Waals surface area (Å²) >= 11 is 12.0. The number of rotatable bonds is 8. The maximum absolute atomic E-state index is 14.0. The number of carbonyl (C=O) groups is 1. The van der Waals surface area contributed by atoms with Gasteiger partial charge in [-0.3, -0.25) is 4.79 Å². The zero-order valence-corrected chi connectivity index (χ0v) is 20.9. The second-order valence-electron chi connectivity index (χ2n) is 8.76. The van der Waals surface area contributed by atoms with E-state index in [0.29, 0.717) is 5.02 Å². The molecule has 2 heterocycles. The molecular formula is C23H23Cl2FN4O4S. The van der Waals surface area contributed by atoms with Gasteiger partial charge in [0.1, 0.15) is 22.5 Å². The summed E-state index contributed by atoms with van der Waals surface area (Å²) in [6.07, 6.45) is 1.64. The lowest BCUT2D eigenvalue weighted by atomic mass is 9.82. The number of hydrogen-bond acceptors (Lipinski definition) is 6. The molecule has 0 bridgehead atoms. The minimum Gasteiger partial charge on any atom is -0.493 e. The highest BCUT2D eigenvalue weighted by Crippen LogP contribution is 2.37. The van der Waals surface area contributed by atoms with Crippen molar-refractivity contribution in [2.45, 2.75) is 23.8 Å². The minimum atomic E-state index is -3.91. The molecule has 2 aromatic rings. The van der Waals surface area contributed by atoms with E-state index < -0.39 is 21.3 Å². The molecule has 0 saturated carbocycles. The molecule has 2 N–H and O–H groups in total. The van der Waals surface area contributed by atoms with E-state index in [-0.39, 0.29) is 59.4 Å². The number of carbonyl (C=O) groups excluding carboxylic acids is 1. The van der Waals surface area contributed by atoms with Gasteiger partial charge >= 0.3 is 0 Å². The van der Waals surface area contributed by atoms with Crippen molar-refractivity contribution in [3.8, 4) is 11.8 Å². The number of ether oxygens (including phenoxy) is 1. The van der Waals surface area contributed by atoms with E-state index in [9.17, 15) is 17.6 Å². The van der Waals surface area contributed by atoms with Gasteiger partial charge in [-0.15, -0.1) is 0 Å². The van der Waals surface area contributed by atoms with Crippen LogP contribution < -0.4 is 15.4 Å². The molecule has 0 radical (unpaired) electrons. The van der Waals surface area contributed by atoms with E-state index in [4.69, 9.17) is 33.2 Å². The monoisotopic (exact) mass is 540 g/mol. The molecule has 2 fully saturated rings. The lowest BCUT2D eigenvalue weighted by molar-refractivity contribution is -0.124. The van der Waals surface area contributed by atoms with Crippen LogP contribution in [0.2, 0.25) is 10.0 Å². The SMILES string of the molecule is N#Cc1ccc(OCC2(CNC(=O)C3CCCN3)CN(S(=O)(=O)c3ccc(Cl)cc3Cl)C2)cc1F. The Morgan fingerprint density at radius 1 is 1.29 bits per heavy atom. The third kappa shape index (κ3) is 5.55. The van der Waals surface area contributed by atoms with Crippen molar-refractivity contribution in [2.24, 2.45) is 5.41 Å². The van der Waals surface area contributed by atoms with Crippen molar-refractivity contribution in [1.82, 2.24) is 14.9 Å². The molecule has 186 valence electrons. The van der Waals surface area contributed by atoms with Crippen LogP contribution in [-0.4, -0.2) is 57.5 Å². The molecule has 0 spiro atoms. The van der Waals surface area contributed by atoms with Crippen LogP contribution in [0.1, 0.15) is 18.4 Å². The van der Waals surface area contributed by atoms with E-state index in [1.165, 1.54) is 34.6 Å². The summed E-state index contributed by atoms with van der Waals surface area (Å²) in [6.45, 7) is 1.08. The number of nitrogens with zero attached hydrogens (tertiary/aromatic N) is 2. The Balaban J connectivity index is 1.49. The first-order valence-electron chi connectivity index (χ1n) is 10.9. The van der Waals surface area contributed by atoms with Crippen molar-refractivity contribution in [2.75, 3.05) is 32.8 Å². The van der Waals surface area contributed by atoms with Crippen LogP contribution in [0.4, 0.5) is 4.39 Å². The van der Waals surface area contributed by atoms with E-state index in [2.05, 4.69) is 10.6 Å². The highest BCUT2D eigenvalue weighted by Gasteiger charge is 2.50. The molecular weight excluding hydrogens is 518 g/mol. The van der Waals surface area contributed by atoms with Crippen LogP contribution >= 0.6 is 23.2 Å². The maximum Gasteiger partial charge on any atom is 0.244 e. The first kappa shape index (κ1) is 25.7. The fraction of sp³-hybridized carbons (Fsp3) is 0.391. The topological polar surface area (TPSA) is 112 Å². The number of hydrogen-bond donors (Lipinski definition) is 2. The molecule has 4 rings (SSSR count). The Kier molecular flexibility index (Phi) is 7.54. The number of sulfonamides is 1. The summed E-state index contributed by atoms with van der Waals surface area (Å²) in [4.78, 5) is 12.5.